The maximum Gasteiger partial charge on any atom is 0.142 e. The van der Waals surface area contributed by atoms with E-state index in [1.54, 1.807) is 13.2 Å². The second kappa shape index (κ2) is 5.58. The molecule has 0 spiro atoms. The molecular formula is C12H16ClNO3. The van der Waals surface area contributed by atoms with Crippen LogP contribution < -0.4 is 9.64 Å². The highest BCUT2D eigenvalue weighted by Crippen LogP contribution is 2.32. The van der Waals surface area contributed by atoms with Gasteiger partial charge in [-0.05, 0) is 18.2 Å². The van der Waals surface area contributed by atoms with Crippen molar-refractivity contribution in [3.05, 3.63) is 23.2 Å². The summed E-state index contributed by atoms with van der Waals surface area (Å²) in [5.74, 6) is 0.785. The van der Waals surface area contributed by atoms with Crippen molar-refractivity contribution in [2.24, 2.45) is 0 Å². The highest BCUT2D eigenvalue weighted by Gasteiger charge is 2.22. The van der Waals surface area contributed by atoms with Crippen molar-refractivity contribution in [2.75, 3.05) is 38.3 Å². The Labute approximate surface area is 106 Å². The average molecular weight is 258 g/mol. The zero-order valence-electron chi connectivity index (χ0n) is 9.73. The molecule has 1 fully saturated rings. The van der Waals surface area contributed by atoms with Gasteiger partial charge >= 0.3 is 0 Å². The molecule has 17 heavy (non-hydrogen) atoms. The van der Waals surface area contributed by atoms with Crippen LogP contribution in [0.25, 0.3) is 0 Å². The van der Waals surface area contributed by atoms with Crippen LogP contribution in [-0.4, -0.2) is 44.6 Å². The van der Waals surface area contributed by atoms with Crippen molar-refractivity contribution in [1.82, 2.24) is 0 Å². The number of anilines is 1. The highest BCUT2D eigenvalue weighted by atomic mass is 35.5. The molecule has 1 saturated heterocycles. The minimum absolute atomic E-state index is 0.0272. The first-order valence-corrected chi connectivity index (χ1v) is 5.93. The van der Waals surface area contributed by atoms with Crippen LogP contribution in [-0.2, 0) is 4.74 Å². The molecular weight excluding hydrogens is 242 g/mol. The Hall–Kier alpha value is -0.970. The van der Waals surface area contributed by atoms with Crippen LogP contribution >= 0.6 is 11.6 Å². The van der Waals surface area contributed by atoms with Gasteiger partial charge in [0.05, 0.1) is 32.1 Å². The summed E-state index contributed by atoms with van der Waals surface area (Å²) in [6.07, 6.45) is -0.146. The molecule has 4 nitrogen and oxygen atoms in total. The molecule has 0 aromatic heterocycles. The Morgan fingerprint density at radius 2 is 2.41 bits per heavy atom. The number of methoxy groups -OCH3 is 1. The van der Waals surface area contributed by atoms with E-state index in [-0.39, 0.29) is 12.7 Å². The maximum atomic E-state index is 9.13. The first-order valence-electron chi connectivity index (χ1n) is 5.55. The molecule has 0 bridgehead atoms. The number of aliphatic hydroxyl groups is 1. The summed E-state index contributed by atoms with van der Waals surface area (Å²) in [5.41, 5.74) is 0.946. The van der Waals surface area contributed by atoms with Gasteiger partial charge in [-0.15, -0.1) is 0 Å². The monoisotopic (exact) mass is 257 g/mol. The van der Waals surface area contributed by atoms with Crippen molar-refractivity contribution in [1.29, 1.82) is 0 Å². The molecule has 1 aliphatic rings. The summed E-state index contributed by atoms with van der Waals surface area (Å²) in [4.78, 5) is 2.12. The molecule has 1 heterocycles. The van der Waals surface area contributed by atoms with Crippen LogP contribution in [0.5, 0.6) is 5.75 Å². The number of benzene rings is 1. The number of hydrogen-bond acceptors (Lipinski definition) is 4. The standard InChI is InChI=1S/C12H16ClNO3/c1-16-12-3-2-9(13)6-11(12)14-4-5-17-10(7-14)8-15/h2-3,6,10,15H,4-5,7-8H2,1H3. The number of halogens is 1. The minimum Gasteiger partial charge on any atom is -0.495 e. The van der Waals surface area contributed by atoms with Gasteiger partial charge in [-0.25, -0.2) is 0 Å². The number of rotatable bonds is 3. The molecule has 0 amide bonds. The quantitative estimate of drug-likeness (QED) is 0.892. The zero-order valence-corrected chi connectivity index (χ0v) is 10.5. The minimum atomic E-state index is -0.146. The summed E-state index contributed by atoms with van der Waals surface area (Å²) in [5, 5.41) is 9.80. The second-order valence-corrected chi connectivity index (χ2v) is 4.37. The molecule has 0 saturated carbocycles. The molecule has 1 atom stereocenters. The maximum absolute atomic E-state index is 9.13. The SMILES string of the molecule is COc1ccc(Cl)cc1N1CCOC(CO)C1. The average Bonchev–Trinajstić information content (AvgIpc) is 2.39. The van der Waals surface area contributed by atoms with Gasteiger partial charge < -0.3 is 19.5 Å². The van der Waals surface area contributed by atoms with Crippen LogP contribution in [0.3, 0.4) is 0 Å². The van der Waals surface area contributed by atoms with Gasteiger partial charge in [0.1, 0.15) is 5.75 Å². The Bertz CT molecular complexity index is 386. The first-order chi connectivity index (χ1) is 8.24. The lowest BCUT2D eigenvalue weighted by Gasteiger charge is -2.34. The Morgan fingerprint density at radius 3 is 3.12 bits per heavy atom. The summed E-state index contributed by atoms with van der Waals surface area (Å²) >= 11 is 6.00. The highest BCUT2D eigenvalue weighted by molar-refractivity contribution is 6.30. The van der Waals surface area contributed by atoms with Crippen molar-refractivity contribution >= 4 is 17.3 Å². The van der Waals surface area contributed by atoms with Crippen LogP contribution in [0, 0.1) is 0 Å². The lowest BCUT2D eigenvalue weighted by molar-refractivity contribution is 0.00347. The van der Waals surface area contributed by atoms with Crippen molar-refractivity contribution in [2.45, 2.75) is 6.10 Å². The van der Waals surface area contributed by atoms with Crippen molar-refractivity contribution < 1.29 is 14.6 Å². The first kappa shape index (κ1) is 12.5. The second-order valence-electron chi connectivity index (χ2n) is 3.94. The third-order valence-corrected chi connectivity index (χ3v) is 3.06. The molecule has 94 valence electrons. The van der Waals surface area contributed by atoms with E-state index in [9.17, 15) is 0 Å². The summed E-state index contributed by atoms with van der Waals surface area (Å²) in [7, 11) is 1.64. The molecule has 5 heteroatoms. The predicted molar refractivity (Wildman–Crippen MR) is 67.0 cm³/mol. The molecule has 0 radical (unpaired) electrons. The van der Waals surface area contributed by atoms with Gasteiger partial charge in [0, 0.05) is 18.1 Å². The lowest BCUT2D eigenvalue weighted by atomic mass is 10.2. The van der Waals surface area contributed by atoms with Crippen LogP contribution in [0.15, 0.2) is 18.2 Å². The summed E-state index contributed by atoms with van der Waals surface area (Å²) in [6, 6.07) is 5.52. The fourth-order valence-corrected chi connectivity index (χ4v) is 2.13. The van der Waals surface area contributed by atoms with Crippen LogP contribution in [0.2, 0.25) is 5.02 Å². The number of nitrogens with zero attached hydrogens (tertiary/aromatic N) is 1. The molecule has 2 rings (SSSR count). The van der Waals surface area contributed by atoms with Gasteiger partial charge in [0.15, 0.2) is 0 Å². The van der Waals surface area contributed by atoms with E-state index in [2.05, 4.69) is 4.90 Å². The van der Waals surface area contributed by atoms with Crippen molar-refractivity contribution in [3.63, 3.8) is 0 Å². The van der Waals surface area contributed by atoms with Gasteiger partial charge in [0.2, 0.25) is 0 Å². The van der Waals surface area contributed by atoms with E-state index in [4.69, 9.17) is 26.2 Å². The third-order valence-electron chi connectivity index (χ3n) is 2.82. The Kier molecular flexibility index (Phi) is 4.10. The number of morpholine rings is 1. The number of aliphatic hydroxyl groups excluding tert-OH is 1. The van der Waals surface area contributed by atoms with Gasteiger partial charge in [-0.2, -0.15) is 0 Å². The van der Waals surface area contributed by atoms with Gasteiger partial charge in [-0.3, -0.25) is 0 Å². The molecule has 1 aliphatic heterocycles. The van der Waals surface area contributed by atoms with E-state index in [1.807, 2.05) is 12.1 Å². The molecule has 0 aliphatic carbocycles. The zero-order chi connectivity index (χ0) is 12.3. The van der Waals surface area contributed by atoms with Gasteiger partial charge in [-0.1, -0.05) is 11.6 Å². The van der Waals surface area contributed by atoms with Crippen LogP contribution in [0.4, 0.5) is 5.69 Å². The smallest absolute Gasteiger partial charge is 0.142 e. The van der Waals surface area contributed by atoms with E-state index in [0.29, 0.717) is 18.2 Å². The van der Waals surface area contributed by atoms with E-state index < -0.39 is 0 Å². The van der Waals surface area contributed by atoms with Crippen molar-refractivity contribution in [3.8, 4) is 5.75 Å². The molecule has 1 unspecified atom stereocenters. The predicted octanol–water partition coefficient (Wildman–Crippen LogP) is 1.55. The molecule has 1 aromatic rings. The largest absolute Gasteiger partial charge is 0.495 e. The fourth-order valence-electron chi connectivity index (χ4n) is 1.96. The van der Waals surface area contributed by atoms with E-state index in [0.717, 1.165) is 18.0 Å². The van der Waals surface area contributed by atoms with Crippen LogP contribution in [0.1, 0.15) is 0 Å². The topological polar surface area (TPSA) is 41.9 Å². The third kappa shape index (κ3) is 2.83. The normalized spacial score (nSPS) is 20.4. The van der Waals surface area contributed by atoms with Gasteiger partial charge in [0.25, 0.3) is 0 Å². The lowest BCUT2D eigenvalue weighted by Crippen LogP contribution is -2.44. The summed E-state index contributed by atoms with van der Waals surface area (Å²) in [6.45, 7) is 2.04. The number of ether oxygens (including phenoxy) is 2. The van der Waals surface area contributed by atoms with E-state index >= 15 is 0 Å². The fraction of sp³-hybridized carbons (Fsp3) is 0.500. The van der Waals surface area contributed by atoms with E-state index in [1.165, 1.54) is 0 Å². The Morgan fingerprint density at radius 1 is 1.59 bits per heavy atom. The number of hydrogen-bond donors (Lipinski definition) is 1. The molecule has 1 aromatic carbocycles. The Balaban J connectivity index is 2.22. The molecule has 1 N–H and O–H groups in total. The summed E-state index contributed by atoms with van der Waals surface area (Å²) < 4.78 is 10.7.